The Hall–Kier alpha value is -4.20. The minimum absolute atomic E-state index is 0.0211. The van der Waals surface area contributed by atoms with Crippen molar-refractivity contribution in [1.82, 2.24) is 10.2 Å². The average Bonchev–Trinajstić information content (AvgIpc) is 3.57. The Balaban J connectivity index is 1.34. The molecule has 1 aliphatic carbocycles. The van der Waals surface area contributed by atoms with E-state index in [-0.39, 0.29) is 24.6 Å². The predicted octanol–water partition coefficient (Wildman–Crippen LogP) is 5.94. The molecule has 1 heterocycles. The van der Waals surface area contributed by atoms with Crippen LogP contribution in [0.5, 0.6) is 0 Å². The summed E-state index contributed by atoms with van der Waals surface area (Å²) in [6.07, 6.45) is -1.79. The SMILES string of the molecule is CC(C)(C)OC(=O)[C@@H]1CCCN1C(=O)[C@@H](NC(=O)OCC1c2ccccc2-c2ccccc21)C(F)c1ccccc1. The lowest BCUT2D eigenvalue weighted by atomic mass is 9.98. The second-order valence-corrected chi connectivity index (χ2v) is 11.5. The fourth-order valence-electron chi connectivity index (χ4n) is 5.68. The van der Waals surface area contributed by atoms with Gasteiger partial charge in [0.2, 0.25) is 5.91 Å². The molecule has 0 saturated carbocycles. The van der Waals surface area contributed by atoms with Crippen molar-refractivity contribution in [2.45, 2.75) is 63.4 Å². The fourth-order valence-corrected chi connectivity index (χ4v) is 5.68. The maximum absolute atomic E-state index is 16.0. The number of nitrogens with one attached hydrogen (secondary N) is 1. The van der Waals surface area contributed by atoms with Gasteiger partial charge in [-0.2, -0.15) is 0 Å². The quantitative estimate of drug-likeness (QED) is 0.363. The van der Waals surface area contributed by atoms with E-state index >= 15 is 4.39 Å². The topological polar surface area (TPSA) is 84.9 Å². The molecule has 2 aliphatic rings. The van der Waals surface area contributed by atoms with Crippen LogP contribution in [0.2, 0.25) is 0 Å². The van der Waals surface area contributed by atoms with Gasteiger partial charge < -0.3 is 19.7 Å². The number of halogens is 1. The Bertz CT molecular complexity index is 1370. The third-order valence-electron chi connectivity index (χ3n) is 7.51. The zero-order chi connectivity index (χ0) is 29.1. The van der Waals surface area contributed by atoms with Gasteiger partial charge in [0.15, 0.2) is 6.17 Å². The number of hydrogen-bond donors (Lipinski definition) is 1. The van der Waals surface area contributed by atoms with Crippen molar-refractivity contribution in [3.63, 3.8) is 0 Å². The summed E-state index contributed by atoms with van der Waals surface area (Å²) in [7, 11) is 0. The Kier molecular flexibility index (Phi) is 8.10. The Morgan fingerprint density at radius 2 is 1.51 bits per heavy atom. The highest BCUT2D eigenvalue weighted by Gasteiger charge is 2.43. The molecule has 3 atom stereocenters. The van der Waals surface area contributed by atoms with Gasteiger partial charge in [-0.05, 0) is 61.4 Å². The highest BCUT2D eigenvalue weighted by atomic mass is 19.1. The Morgan fingerprint density at radius 3 is 2.12 bits per heavy atom. The highest BCUT2D eigenvalue weighted by Crippen LogP contribution is 2.44. The molecule has 8 heteroatoms. The number of amides is 2. The summed E-state index contributed by atoms with van der Waals surface area (Å²) in [6, 6.07) is 21.6. The molecule has 7 nitrogen and oxygen atoms in total. The molecule has 1 N–H and O–H groups in total. The third-order valence-corrected chi connectivity index (χ3v) is 7.51. The van der Waals surface area contributed by atoms with Gasteiger partial charge in [-0.25, -0.2) is 14.0 Å². The van der Waals surface area contributed by atoms with Crippen LogP contribution < -0.4 is 5.32 Å². The molecule has 0 aromatic heterocycles. The summed E-state index contributed by atoms with van der Waals surface area (Å²) in [5, 5.41) is 2.49. The van der Waals surface area contributed by atoms with E-state index in [4.69, 9.17) is 9.47 Å². The molecule has 41 heavy (non-hydrogen) atoms. The van der Waals surface area contributed by atoms with E-state index in [1.165, 1.54) is 4.90 Å². The number of fused-ring (bicyclic) bond motifs is 3. The van der Waals surface area contributed by atoms with Crippen molar-refractivity contribution in [3.8, 4) is 11.1 Å². The molecule has 2 amide bonds. The van der Waals surface area contributed by atoms with Crippen molar-refractivity contribution in [2.24, 2.45) is 0 Å². The molecule has 1 saturated heterocycles. The number of carbonyl (C=O) groups is 3. The molecular formula is C33H35FN2O5. The molecule has 1 unspecified atom stereocenters. The number of nitrogens with zero attached hydrogens (tertiary/aromatic N) is 1. The normalized spacial score (nSPS) is 17.8. The zero-order valence-corrected chi connectivity index (χ0v) is 23.5. The lowest BCUT2D eigenvalue weighted by molar-refractivity contribution is -0.163. The van der Waals surface area contributed by atoms with Gasteiger partial charge in [0.1, 0.15) is 24.3 Å². The van der Waals surface area contributed by atoms with Crippen LogP contribution in [0.15, 0.2) is 78.9 Å². The maximum Gasteiger partial charge on any atom is 0.407 e. The van der Waals surface area contributed by atoms with Gasteiger partial charge in [-0.1, -0.05) is 78.9 Å². The van der Waals surface area contributed by atoms with Crippen molar-refractivity contribution in [1.29, 1.82) is 0 Å². The van der Waals surface area contributed by atoms with Crippen LogP contribution in [0.1, 0.15) is 62.4 Å². The van der Waals surface area contributed by atoms with Gasteiger partial charge >= 0.3 is 12.1 Å². The minimum Gasteiger partial charge on any atom is -0.458 e. The van der Waals surface area contributed by atoms with E-state index < -0.39 is 41.8 Å². The second kappa shape index (κ2) is 11.7. The summed E-state index contributed by atoms with van der Waals surface area (Å²) in [5.41, 5.74) is 3.75. The van der Waals surface area contributed by atoms with E-state index in [0.29, 0.717) is 12.8 Å². The summed E-state index contributed by atoms with van der Waals surface area (Å²) >= 11 is 0. The molecule has 3 aromatic rings. The lowest BCUT2D eigenvalue weighted by Crippen LogP contribution is -2.54. The molecule has 214 valence electrons. The summed E-state index contributed by atoms with van der Waals surface area (Å²) < 4.78 is 27.1. The second-order valence-electron chi connectivity index (χ2n) is 11.5. The van der Waals surface area contributed by atoms with E-state index in [1.54, 1.807) is 51.1 Å². The first-order valence-electron chi connectivity index (χ1n) is 14.0. The molecule has 0 spiro atoms. The molecule has 0 bridgehead atoms. The number of likely N-dealkylation sites (tertiary alicyclic amines) is 1. The van der Waals surface area contributed by atoms with Gasteiger partial charge in [-0.3, -0.25) is 4.79 Å². The first-order valence-corrected chi connectivity index (χ1v) is 14.0. The first kappa shape index (κ1) is 28.3. The number of ether oxygens (including phenoxy) is 2. The number of alkyl carbamates (subject to hydrolysis) is 1. The molecule has 1 aliphatic heterocycles. The number of hydrogen-bond acceptors (Lipinski definition) is 5. The Morgan fingerprint density at radius 1 is 0.927 bits per heavy atom. The summed E-state index contributed by atoms with van der Waals surface area (Å²) in [6.45, 7) is 5.53. The standard InChI is InChI=1S/C33H35FN2O5/c1-33(2,3)41-31(38)27-18-11-19-36(27)30(37)29(28(34)21-12-5-4-6-13-21)35-32(39)40-20-26-24-16-9-7-14-22(24)23-15-8-10-17-25(23)26/h4-10,12-17,26-29H,11,18-20H2,1-3H3,(H,35,39)/t27-,28?,29-/m0/s1. The van der Waals surface area contributed by atoms with E-state index in [2.05, 4.69) is 5.32 Å². The number of carbonyl (C=O) groups excluding carboxylic acids is 3. The van der Waals surface area contributed by atoms with E-state index in [9.17, 15) is 14.4 Å². The average molecular weight is 559 g/mol. The van der Waals surface area contributed by atoms with Gasteiger partial charge in [-0.15, -0.1) is 0 Å². The van der Waals surface area contributed by atoms with Crippen molar-refractivity contribution in [2.75, 3.05) is 13.2 Å². The summed E-state index contributed by atoms with van der Waals surface area (Å²) in [4.78, 5) is 41.1. The molecule has 1 fully saturated rings. The molecule has 0 radical (unpaired) electrons. The zero-order valence-electron chi connectivity index (χ0n) is 23.5. The number of esters is 1. The largest absolute Gasteiger partial charge is 0.458 e. The smallest absolute Gasteiger partial charge is 0.407 e. The van der Waals surface area contributed by atoms with Crippen LogP contribution in [0.25, 0.3) is 11.1 Å². The van der Waals surface area contributed by atoms with E-state index in [0.717, 1.165) is 22.3 Å². The van der Waals surface area contributed by atoms with E-state index in [1.807, 2.05) is 48.5 Å². The maximum atomic E-state index is 16.0. The fraction of sp³-hybridized carbons (Fsp3) is 0.364. The number of alkyl halides is 1. The third kappa shape index (κ3) is 6.11. The van der Waals surface area contributed by atoms with Crippen molar-refractivity contribution in [3.05, 3.63) is 95.6 Å². The van der Waals surface area contributed by atoms with Crippen LogP contribution in [0, 0.1) is 0 Å². The van der Waals surface area contributed by atoms with Crippen molar-refractivity contribution < 1.29 is 28.2 Å². The van der Waals surface area contributed by atoms with Crippen LogP contribution in [-0.2, 0) is 19.1 Å². The van der Waals surface area contributed by atoms with Gasteiger partial charge in [0.25, 0.3) is 0 Å². The van der Waals surface area contributed by atoms with Crippen LogP contribution in [-0.4, -0.2) is 53.7 Å². The Labute approximate surface area is 239 Å². The molecule has 5 rings (SSSR count). The van der Waals surface area contributed by atoms with Crippen LogP contribution in [0.4, 0.5) is 9.18 Å². The number of benzene rings is 3. The van der Waals surface area contributed by atoms with Crippen LogP contribution in [0.3, 0.4) is 0 Å². The van der Waals surface area contributed by atoms with Crippen molar-refractivity contribution >= 4 is 18.0 Å². The van der Waals surface area contributed by atoms with Gasteiger partial charge in [0, 0.05) is 12.5 Å². The monoisotopic (exact) mass is 558 g/mol. The van der Waals surface area contributed by atoms with Crippen LogP contribution >= 0.6 is 0 Å². The minimum atomic E-state index is -1.86. The number of rotatable bonds is 7. The molecular weight excluding hydrogens is 523 g/mol. The first-order chi connectivity index (χ1) is 19.6. The molecule has 3 aromatic carbocycles. The van der Waals surface area contributed by atoms with Gasteiger partial charge in [0.05, 0.1) is 0 Å². The predicted molar refractivity (Wildman–Crippen MR) is 153 cm³/mol. The summed E-state index contributed by atoms with van der Waals surface area (Å²) in [5.74, 6) is -1.42. The highest BCUT2D eigenvalue weighted by molar-refractivity contribution is 5.91. The lowest BCUT2D eigenvalue weighted by Gasteiger charge is -2.31.